The highest BCUT2D eigenvalue weighted by molar-refractivity contribution is 8.00. The number of nitrogen functional groups attached to an aromatic ring is 1. The van der Waals surface area contributed by atoms with E-state index in [1.807, 2.05) is 12.2 Å². The largest absolute Gasteiger partial charge is 0.477 e. The molecule has 3 atom stereocenters. The lowest BCUT2D eigenvalue weighted by atomic mass is 10.1. The van der Waals surface area contributed by atoms with Gasteiger partial charge in [0.15, 0.2) is 5.13 Å². The van der Waals surface area contributed by atoms with Gasteiger partial charge in [-0.15, -0.1) is 16.9 Å². The third kappa shape index (κ3) is 6.05. The summed E-state index contributed by atoms with van der Waals surface area (Å²) >= 11 is 3.64. The van der Waals surface area contributed by atoms with E-state index in [9.17, 15) is 19.5 Å². The topological polar surface area (TPSA) is 230 Å². The standard InChI is InChI=1S/C20H23N11O5S3/c21-11(23-17(33)14(16-24-19(22)39-27-16)26-36-10-3-1-2-4-10)6-30-20(25-28-29-30)38-8-9-7-37-13-5-12(32)31(13)15(9)18(34)35/h1,3,10-11,13H,2,4-8,21H2,(H,23,33)(H,34,35)(H2,22,24,27)/b26-14+. The number of nitrogens with one attached hydrogen (secondary N) is 1. The molecule has 3 aliphatic rings. The SMILES string of the molecule is Nc1nc(/C(=N\OC2C=CCC2)C(=O)NC(N)Cn2nnnc2SCC2=C(C(=O)O)N3C(=O)CC3SC2)ns1. The van der Waals surface area contributed by atoms with E-state index in [1.165, 1.54) is 33.1 Å². The predicted octanol–water partition coefficient (Wildman–Crippen LogP) is -0.617. The van der Waals surface area contributed by atoms with Gasteiger partial charge in [-0.05, 0) is 34.9 Å². The Hall–Kier alpha value is -3.55. The van der Waals surface area contributed by atoms with E-state index < -0.39 is 18.0 Å². The van der Waals surface area contributed by atoms with Crippen LogP contribution in [0.2, 0.25) is 0 Å². The Morgan fingerprint density at radius 2 is 2.26 bits per heavy atom. The molecule has 2 amide bonds. The molecule has 0 bridgehead atoms. The fourth-order valence-corrected chi connectivity index (χ4v) is 6.68. The number of nitrogens with zero attached hydrogens (tertiary/aromatic N) is 8. The summed E-state index contributed by atoms with van der Waals surface area (Å²) in [5.74, 6) is -1.27. The number of thioether (sulfide) groups is 2. The molecule has 16 nitrogen and oxygen atoms in total. The molecule has 1 fully saturated rings. The first-order valence-corrected chi connectivity index (χ1v) is 14.5. The number of anilines is 1. The maximum atomic E-state index is 13.0. The molecule has 1 aliphatic carbocycles. The van der Waals surface area contributed by atoms with E-state index in [0.29, 0.717) is 22.9 Å². The van der Waals surface area contributed by atoms with Crippen LogP contribution >= 0.6 is 35.1 Å². The van der Waals surface area contributed by atoms with Crippen LogP contribution in [0.1, 0.15) is 25.1 Å². The van der Waals surface area contributed by atoms with Gasteiger partial charge in [0.2, 0.25) is 22.6 Å². The van der Waals surface area contributed by atoms with Crippen LogP contribution in [-0.4, -0.2) is 92.2 Å². The number of rotatable bonds is 11. The fourth-order valence-electron chi connectivity index (χ4n) is 3.95. The van der Waals surface area contributed by atoms with Crippen molar-refractivity contribution in [1.29, 1.82) is 0 Å². The lowest BCUT2D eigenvalue weighted by molar-refractivity contribution is -0.146. The monoisotopic (exact) mass is 593 g/mol. The fraction of sp³-hybridized carbons (Fsp3) is 0.450. The Labute approximate surface area is 233 Å². The molecule has 5 rings (SSSR count). The van der Waals surface area contributed by atoms with Gasteiger partial charge in [-0.2, -0.15) is 9.36 Å². The van der Waals surface area contributed by atoms with E-state index in [4.69, 9.17) is 16.3 Å². The number of carbonyl (C=O) groups excluding carboxylic acids is 2. The minimum absolute atomic E-state index is 0.000519. The van der Waals surface area contributed by atoms with Gasteiger partial charge in [-0.1, -0.05) is 23.0 Å². The zero-order valence-electron chi connectivity index (χ0n) is 20.2. The van der Waals surface area contributed by atoms with Crippen LogP contribution < -0.4 is 16.8 Å². The van der Waals surface area contributed by atoms with Crippen molar-refractivity contribution < 1.29 is 24.3 Å². The van der Waals surface area contributed by atoms with Crippen LogP contribution in [0.4, 0.5) is 5.13 Å². The second-order valence-corrected chi connectivity index (χ2v) is 11.4. The molecule has 39 heavy (non-hydrogen) atoms. The van der Waals surface area contributed by atoms with Gasteiger partial charge >= 0.3 is 5.97 Å². The highest BCUT2D eigenvalue weighted by Gasteiger charge is 2.45. The third-order valence-corrected chi connectivity index (χ3v) is 8.67. The van der Waals surface area contributed by atoms with Crippen molar-refractivity contribution in [2.45, 2.75) is 48.6 Å². The number of nitrogens with two attached hydrogens (primary N) is 2. The van der Waals surface area contributed by atoms with E-state index in [0.717, 1.165) is 24.4 Å². The van der Waals surface area contributed by atoms with Gasteiger partial charge in [-0.3, -0.25) is 14.5 Å². The molecular formula is C20H23N11O5S3. The molecule has 4 heterocycles. The number of aliphatic carboxylic acids is 1. The van der Waals surface area contributed by atoms with Gasteiger partial charge in [-0.25, -0.2) is 9.48 Å². The number of carboxylic acid groups (broad SMARTS) is 1. The minimum atomic E-state index is -1.14. The van der Waals surface area contributed by atoms with Crippen molar-refractivity contribution in [2.75, 3.05) is 17.2 Å². The van der Waals surface area contributed by atoms with Gasteiger partial charge in [0.05, 0.1) is 24.5 Å². The molecule has 2 aromatic heterocycles. The summed E-state index contributed by atoms with van der Waals surface area (Å²) in [5.41, 5.74) is 12.3. The summed E-state index contributed by atoms with van der Waals surface area (Å²) in [6.45, 7) is -0.000519. The number of aromatic nitrogens is 6. The summed E-state index contributed by atoms with van der Waals surface area (Å²) in [6.07, 6.45) is 4.55. The molecule has 2 aromatic rings. The molecule has 0 aromatic carbocycles. The Balaban J connectivity index is 1.23. The van der Waals surface area contributed by atoms with Crippen molar-refractivity contribution in [3.05, 3.63) is 29.2 Å². The normalized spacial score (nSPS) is 21.5. The Morgan fingerprint density at radius 3 is 2.95 bits per heavy atom. The van der Waals surface area contributed by atoms with Crippen molar-refractivity contribution in [1.82, 2.24) is 39.8 Å². The Bertz CT molecular complexity index is 1370. The third-order valence-electron chi connectivity index (χ3n) is 5.81. The van der Waals surface area contributed by atoms with Crippen molar-refractivity contribution in [2.24, 2.45) is 10.9 Å². The molecule has 6 N–H and O–H groups in total. The number of oxime groups is 1. The molecule has 3 unspecified atom stereocenters. The highest BCUT2D eigenvalue weighted by atomic mass is 32.2. The zero-order valence-corrected chi connectivity index (χ0v) is 22.6. The quantitative estimate of drug-likeness (QED) is 0.0636. The first-order chi connectivity index (χ1) is 18.8. The Kier molecular flexibility index (Phi) is 8.10. The molecule has 0 saturated carbocycles. The number of tetrazole rings is 1. The number of allylic oxidation sites excluding steroid dienone is 1. The molecule has 0 spiro atoms. The first-order valence-electron chi connectivity index (χ1n) is 11.6. The maximum Gasteiger partial charge on any atom is 0.352 e. The summed E-state index contributed by atoms with van der Waals surface area (Å²) in [5, 5.41) is 28.2. The number of hydrogen-bond donors (Lipinski definition) is 4. The second-order valence-electron chi connectivity index (χ2n) is 8.55. The van der Waals surface area contributed by atoms with Gasteiger partial charge < -0.3 is 26.7 Å². The van der Waals surface area contributed by atoms with E-state index in [2.05, 4.69) is 35.4 Å². The summed E-state index contributed by atoms with van der Waals surface area (Å²) in [6, 6.07) is 0. The average Bonchev–Trinajstić information content (AvgIpc) is 3.65. The van der Waals surface area contributed by atoms with Gasteiger partial charge in [0.25, 0.3) is 5.91 Å². The molecule has 19 heteroatoms. The number of carbonyl (C=O) groups is 3. The van der Waals surface area contributed by atoms with E-state index >= 15 is 0 Å². The second kappa shape index (κ2) is 11.7. The zero-order chi connectivity index (χ0) is 27.5. The van der Waals surface area contributed by atoms with E-state index in [-0.39, 0.29) is 52.0 Å². The predicted molar refractivity (Wildman–Crippen MR) is 141 cm³/mol. The number of β-lactam (4-membered cyclic amide) rings is 1. The van der Waals surface area contributed by atoms with Gasteiger partial charge in [0, 0.05) is 23.0 Å². The van der Waals surface area contributed by atoms with Crippen LogP contribution in [-0.2, 0) is 25.8 Å². The number of carboxylic acids is 1. The summed E-state index contributed by atoms with van der Waals surface area (Å²) in [7, 11) is 0. The molecule has 206 valence electrons. The highest BCUT2D eigenvalue weighted by Crippen LogP contribution is 2.41. The lowest BCUT2D eigenvalue weighted by Gasteiger charge is -2.43. The van der Waals surface area contributed by atoms with Crippen molar-refractivity contribution >= 4 is 63.7 Å². The minimum Gasteiger partial charge on any atom is -0.477 e. The van der Waals surface area contributed by atoms with Crippen molar-refractivity contribution in [3.8, 4) is 0 Å². The lowest BCUT2D eigenvalue weighted by Crippen LogP contribution is -2.54. The van der Waals surface area contributed by atoms with Crippen LogP contribution in [0, 0.1) is 0 Å². The molecule has 0 radical (unpaired) electrons. The Morgan fingerprint density at radius 1 is 1.41 bits per heavy atom. The molecule has 2 aliphatic heterocycles. The molecule has 1 saturated heterocycles. The number of hydrogen-bond acceptors (Lipinski definition) is 15. The van der Waals surface area contributed by atoms with Crippen molar-refractivity contribution in [3.63, 3.8) is 0 Å². The van der Waals surface area contributed by atoms with Crippen LogP contribution in [0.15, 0.2) is 33.7 Å². The van der Waals surface area contributed by atoms with Crippen LogP contribution in [0.3, 0.4) is 0 Å². The van der Waals surface area contributed by atoms with Crippen LogP contribution in [0.5, 0.6) is 0 Å². The van der Waals surface area contributed by atoms with E-state index in [1.54, 1.807) is 0 Å². The summed E-state index contributed by atoms with van der Waals surface area (Å²) in [4.78, 5) is 47.6. The maximum absolute atomic E-state index is 13.0. The summed E-state index contributed by atoms with van der Waals surface area (Å²) < 4.78 is 5.44. The van der Waals surface area contributed by atoms with Gasteiger partial charge in [0.1, 0.15) is 11.8 Å². The number of amides is 2. The van der Waals surface area contributed by atoms with Crippen LogP contribution in [0.25, 0.3) is 0 Å². The number of fused-ring (bicyclic) bond motifs is 1. The average molecular weight is 594 g/mol. The first kappa shape index (κ1) is 27.0. The molecular weight excluding hydrogens is 570 g/mol. The smallest absolute Gasteiger partial charge is 0.352 e.